The van der Waals surface area contributed by atoms with Gasteiger partial charge in [0.2, 0.25) is 0 Å². The standard InChI is InChI=1S/C9H9FN2O/c10-8-1-2-9(11-3-8)12-4-7(5-12)6-13/h1-3,6-7H,4-5H2. The van der Waals surface area contributed by atoms with Gasteiger partial charge in [0.05, 0.1) is 6.20 Å². The fraction of sp³-hybridized carbons (Fsp3) is 0.333. The topological polar surface area (TPSA) is 33.2 Å². The lowest BCUT2D eigenvalue weighted by Gasteiger charge is -2.36. The zero-order valence-electron chi connectivity index (χ0n) is 6.98. The van der Waals surface area contributed by atoms with Crippen LogP contribution in [0, 0.1) is 11.7 Å². The lowest BCUT2D eigenvalue weighted by atomic mass is 10.0. The van der Waals surface area contributed by atoms with Crippen LogP contribution >= 0.6 is 0 Å². The molecule has 2 rings (SSSR count). The van der Waals surface area contributed by atoms with E-state index in [9.17, 15) is 9.18 Å². The summed E-state index contributed by atoms with van der Waals surface area (Å²) in [6.07, 6.45) is 2.13. The first-order valence-electron chi connectivity index (χ1n) is 4.11. The third-order valence-electron chi connectivity index (χ3n) is 2.14. The average Bonchev–Trinajstić information content (AvgIpc) is 2.06. The van der Waals surface area contributed by atoms with Gasteiger partial charge in [0, 0.05) is 19.0 Å². The quantitative estimate of drug-likeness (QED) is 0.633. The van der Waals surface area contributed by atoms with Crippen LogP contribution in [0.4, 0.5) is 10.2 Å². The van der Waals surface area contributed by atoms with Crippen LogP contribution in [0.2, 0.25) is 0 Å². The molecule has 1 fully saturated rings. The first-order chi connectivity index (χ1) is 6.29. The van der Waals surface area contributed by atoms with Crippen molar-refractivity contribution in [2.24, 2.45) is 5.92 Å². The number of rotatable bonds is 2. The van der Waals surface area contributed by atoms with Gasteiger partial charge in [-0.2, -0.15) is 0 Å². The smallest absolute Gasteiger partial charge is 0.141 e. The molecule has 0 bridgehead atoms. The van der Waals surface area contributed by atoms with E-state index in [-0.39, 0.29) is 11.7 Å². The van der Waals surface area contributed by atoms with Crippen molar-refractivity contribution in [2.45, 2.75) is 0 Å². The van der Waals surface area contributed by atoms with Crippen molar-refractivity contribution in [1.82, 2.24) is 4.98 Å². The summed E-state index contributed by atoms with van der Waals surface area (Å²) >= 11 is 0. The average molecular weight is 180 g/mol. The maximum atomic E-state index is 12.5. The maximum Gasteiger partial charge on any atom is 0.141 e. The van der Waals surface area contributed by atoms with E-state index in [2.05, 4.69) is 4.98 Å². The van der Waals surface area contributed by atoms with Crippen LogP contribution < -0.4 is 4.90 Å². The molecule has 0 aromatic carbocycles. The van der Waals surface area contributed by atoms with Crippen LogP contribution in [0.5, 0.6) is 0 Å². The number of nitrogens with zero attached hydrogens (tertiary/aromatic N) is 2. The van der Waals surface area contributed by atoms with Crippen molar-refractivity contribution in [3.63, 3.8) is 0 Å². The molecule has 0 radical (unpaired) electrons. The van der Waals surface area contributed by atoms with Gasteiger partial charge in [-0.25, -0.2) is 9.37 Å². The molecule has 13 heavy (non-hydrogen) atoms. The maximum absolute atomic E-state index is 12.5. The largest absolute Gasteiger partial charge is 0.355 e. The Bertz CT molecular complexity index is 306. The van der Waals surface area contributed by atoms with E-state index in [1.54, 1.807) is 6.07 Å². The molecular formula is C9H9FN2O. The molecule has 0 spiro atoms. The van der Waals surface area contributed by atoms with Crippen LogP contribution in [0.1, 0.15) is 0 Å². The van der Waals surface area contributed by atoms with Crippen LogP contribution in [-0.2, 0) is 4.79 Å². The van der Waals surface area contributed by atoms with Gasteiger partial charge in [0.1, 0.15) is 17.9 Å². The summed E-state index contributed by atoms with van der Waals surface area (Å²) in [7, 11) is 0. The number of halogens is 1. The molecule has 1 aliphatic rings. The molecule has 0 amide bonds. The first-order valence-corrected chi connectivity index (χ1v) is 4.11. The second-order valence-electron chi connectivity index (χ2n) is 3.14. The van der Waals surface area contributed by atoms with Crippen LogP contribution in [0.3, 0.4) is 0 Å². The van der Waals surface area contributed by atoms with Crippen molar-refractivity contribution in [1.29, 1.82) is 0 Å². The van der Waals surface area contributed by atoms with Crippen molar-refractivity contribution in [3.05, 3.63) is 24.1 Å². The van der Waals surface area contributed by atoms with Gasteiger partial charge < -0.3 is 9.69 Å². The SMILES string of the molecule is O=CC1CN(c2ccc(F)cn2)C1. The molecule has 0 N–H and O–H groups in total. The molecule has 0 unspecified atom stereocenters. The zero-order valence-corrected chi connectivity index (χ0v) is 6.98. The minimum Gasteiger partial charge on any atom is -0.355 e. The highest BCUT2D eigenvalue weighted by Crippen LogP contribution is 2.20. The predicted octanol–water partition coefficient (Wildman–Crippen LogP) is 0.856. The Labute approximate surface area is 75.2 Å². The molecule has 68 valence electrons. The molecule has 2 heterocycles. The minimum absolute atomic E-state index is 0.117. The number of pyridine rings is 1. The van der Waals surface area contributed by atoms with E-state index in [1.807, 2.05) is 4.90 Å². The molecule has 3 nitrogen and oxygen atoms in total. The van der Waals surface area contributed by atoms with E-state index < -0.39 is 0 Å². The van der Waals surface area contributed by atoms with Gasteiger partial charge in [-0.3, -0.25) is 0 Å². The monoisotopic (exact) mass is 180 g/mol. The number of carbonyl (C=O) groups is 1. The van der Waals surface area contributed by atoms with Crippen LogP contribution in [0.25, 0.3) is 0 Å². The Morgan fingerprint density at radius 2 is 2.31 bits per heavy atom. The third-order valence-corrected chi connectivity index (χ3v) is 2.14. The minimum atomic E-state index is -0.337. The second kappa shape index (κ2) is 3.12. The summed E-state index contributed by atoms with van der Waals surface area (Å²) in [5.74, 6) is 0.516. The van der Waals surface area contributed by atoms with Crippen molar-refractivity contribution >= 4 is 12.1 Å². The number of carbonyl (C=O) groups excluding carboxylic acids is 1. The summed E-state index contributed by atoms with van der Waals surface area (Å²) in [5.41, 5.74) is 0. The molecule has 1 aromatic rings. The normalized spacial score (nSPS) is 16.8. The van der Waals surface area contributed by atoms with E-state index in [0.717, 1.165) is 12.1 Å². The number of aldehydes is 1. The Balaban J connectivity index is 2.03. The molecule has 0 atom stereocenters. The number of aromatic nitrogens is 1. The number of hydrogen-bond acceptors (Lipinski definition) is 3. The lowest BCUT2D eigenvalue weighted by molar-refractivity contribution is -0.111. The molecule has 0 saturated carbocycles. The van der Waals surface area contributed by atoms with E-state index >= 15 is 0 Å². The van der Waals surface area contributed by atoms with E-state index in [1.165, 1.54) is 12.3 Å². The van der Waals surface area contributed by atoms with Gasteiger partial charge in [-0.15, -0.1) is 0 Å². The molecule has 4 heteroatoms. The Hall–Kier alpha value is -1.45. The van der Waals surface area contributed by atoms with Gasteiger partial charge >= 0.3 is 0 Å². The van der Waals surface area contributed by atoms with Gasteiger partial charge in [-0.05, 0) is 12.1 Å². The van der Waals surface area contributed by atoms with Crippen LogP contribution in [-0.4, -0.2) is 24.4 Å². The molecule has 1 aliphatic heterocycles. The molecule has 1 aromatic heterocycles. The highest BCUT2D eigenvalue weighted by atomic mass is 19.1. The molecule has 0 aliphatic carbocycles. The fourth-order valence-electron chi connectivity index (χ4n) is 1.34. The van der Waals surface area contributed by atoms with Crippen molar-refractivity contribution in [3.8, 4) is 0 Å². The third kappa shape index (κ3) is 1.52. The summed E-state index contributed by atoms with van der Waals surface area (Å²) < 4.78 is 12.5. The number of anilines is 1. The Kier molecular flexibility index (Phi) is 1.96. The zero-order chi connectivity index (χ0) is 9.26. The summed E-state index contributed by atoms with van der Waals surface area (Å²) in [6.45, 7) is 1.39. The van der Waals surface area contributed by atoms with E-state index in [4.69, 9.17) is 0 Å². The first kappa shape index (κ1) is 8.16. The van der Waals surface area contributed by atoms with E-state index in [0.29, 0.717) is 13.1 Å². The molecule has 1 saturated heterocycles. The van der Waals surface area contributed by atoms with Gasteiger partial charge in [0.25, 0.3) is 0 Å². The Morgan fingerprint density at radius 1 is 1.54 bits per heavy atom. The van der Waals surface area contributed by atoms with Crippen molar-refractivity contribution in [2.75, 3.05) is 18.0 Å². The van der Waals surface area contributed by atoms with Crippen molar-refractivity contribution < 1.29 is 9.18 Å². The highest BCUT2D eigenvalue weighted by molar-refractivity contribution is 5.60. The fourth-order valence-corrected chi connectivity index (χ4v) is 1.34. The molecular weight excluding hydrogens is 171 g/mol. The summed E-state index contributed by atoms with van der Waals surface area (Å²) in [5, 5.41) is 0. The summed E-state index contributed by atoms with van der Waals surface area (Å²) in [6, 6.07) is 2.99. The summed E-state index contributed by atoms with van der Waals surface area (Å²) in [4.78, 5) is 16.2. The number of hydrogen-bond donors (Lipinski definition) is 0. The van der Waals surface area contributed by atoms with Gasteiger partial charge in [0.15, 0.2) is 0 Å². The highest BCUT2D eigenvalue weighted by Gasteiger charge is 2.26. The predicted molar refractivity (Wildman–Crippen MR) is 46.0 cm³/mol. The van der Waals surface area contributed by atoms with Gasteiger partial charge in [-0.1, -0.05) is 0 Å². The lowest BCUT2D eigenvalue weighted by Crippen LogP contribution is -2.47. The Morgan fingerprint density at radius 3 is 2.85 bits per heavy atom. The van der Waals surface area contributed by atoms with Crippen LogP contribution in [0.15, 0.2) is 18.3 Å². The second-order valence-corrected chi connectivity index (χ2v) is 3.14.